The molecule has 2 aromatic rings. The molecule has 0 aliphatic heterocycles. The Balaban J connectivity index is 1.91. The molecule has 0 radical (unpaired) electrons. The van der Waals surface area contributed by atoms with Gasteiger partial charge in [0.15, 0.2) is 0 Å². The number of hydrogen-bond donors (Lipinski definition) is 3. The first kappa shape index (κ1) is 14.4. The smallest absolute Gasteiger partial charge is 0.319 e. The van der Waals surface area contributed by atoms with Crippen LogP contribution in [0.15, 0.2) is 47.1 Å². The second-order valence-corrected chi connectivity index (χ2v) is 4.95. The zero-order valence-electron chi connectivity index (χ0n) is 10.9. The van der Waals surface area contributed by atoms with E-state index >= 15 is 0 Å². The first-order chi connectivity index (χ1) is 9.49. The summed E-state index contributed by atoms with van der Waals surface area (Å²) < 4.78 is 5.13. The van der Waals surface area contributed by atoms with Crippen LogP contribution in [0.3, 0.4) is 0 Å². The van der Waals surface area contributed by atoms with E-state index in [-0.39, 0.29) is 6.54 Å². The van der Waals surface area contributed by atoms with Crippen molar-refractivity contribution in [2.24, 2.45) is 0 Å². The van der Waals surface area contributed by atoms with Crippen molar-refractivity contribution >= 4 is 23.3 Å². The molecule has 106 valence electrons. The van der Waals surface area contributed by atoms with Crippen LogP contribution in [0.4, 0.5) is 10.5 Å². The summed E-state index contributed by atoms with van der Waals surface area (Å²) >= 11 is 5.93. The number of hydrogen-bond acceptors (Lipinski definition) is 3. The quantitative estimate of drug-likeness (QED) is 0.811. The molecule has 1 aromatic carbocycles. The number of carbonyl (C=O) groups is 1. The van der Waals surface area contributed by atoms with Gasteiger partial charge in [-0.1, -0.05) is 23.7 Å². The summed E-state index contributed by atoms with van der Waals surface area (Å²) in [5, 5.41) is 15.8. The van der Waals surface area contributed by atoms with Crippen LogP contribution in [-0.2, 0) is 5.60 Å². The van der Waals surface area contributed by atoms with Crippen LogP contribution in [0.1, 0.15) is 12.7 Å². The summed E-state index contributed by atoms with van der Waals surface area (Å²) in [6, 6.07) is 9.77. The predicted molar refractivity (Wildman–Crippen MR) is 76.8 cm³/mol. The molecule has 0 fully saturated rings. The number of furan rings is 1. The van der Waals surface area contributed by atoms with Crippen LogP contribution < -0.4 is 10.6 Å². The number of anilines is 1. The third-order valence-corrected chi connectivity index (χ3v) is 3.10. The first-order valence-electron chi connectivity index (χ1n) is 6.05. The van der Waals surface area contributed by atoms with Crippen LogP contribution in [-0.4, -0.2) is 17.7 Å². The van der Waals surface area contributed by atoms with Gasteiger partial charge in [0.25, 0.3) is 0 Å². The lowest BCUT2D eigenvalue weighted by atomic mass is 10.0. The molecule has 0 saturated carbocycles. The minimum Gasteiger partial charge on any atom is -0.466 e. The minimum absolute atomic E-state index is 0.0107. The van der Waals surface area contributed by atoms with Gasteiger partial charge in [0.2, 0.25) is 0 Å². The van der Waals surface area contributed by atoms with Crippen LogP contribution >= 0.6 is 11.6 Å². The Morgan fingerprint density at radius 3 is 2.75 bits per heavy atom. The zero-order valence-corrected chi connectivity index (χ0v) is 11.6. The van der Waals surface area contributed by atoms with Crippen molar-refractivity contribution in [1.29, 1.82) is 0 Å². The second kappa shape index (κ2) is 5.98. The van der Waals surface area contributed by atoms with Gasteiger partial charge in [-0.2, -0.15) is 0 Å². The molecule has 6 heteroatoms. The van der Waals surface area contributed by atoms with Gasteiger partial charge in [-0.15, -0.1) is 0 Å². The lowest BCUT2D eigenvalue weighted by Gasteiger charge is -2.21. The molecule has 0 aliphatic carbocycles. The Morgan fingerprint density at radius 2 is 2.10 bits per heavy atom. The zero-order chi connectivity index (χ0) is 14.6. The van der Waals surface area contributed by atoms with Crippen molar-refractivity contribution in [3.63, 3.8) is 0 Å². The first-order valence-corrected chi connectivity index (χ1v) is 6.42. The molecule has 2 rings (SSSR count). The Kier molecular flexibility index (Phi) is 4.32. The van der Waals surface area contributed by atoms with Gasteiger partial charge in [0, 0.05) is 0 Å². The monoisotopic (exact) mass is 294 g/mol. The molecule has 20 heavy (non-hydrogen) atoms. The lowest BCUT2D eigenvalue weighted by molar-refractivity contribution is 0.0372. The van der Waals surface area contributed by atoms with E-state index in [4.69, 9.17) is 16.0 Å². The van der Waals surface area contributed by atoms with Crippen molar-refractivity contribution in [2.75, 3.05) is 11.9 Å². The average molecular weight is 295 g/mol. The number of para-hydroxylation sites is 1. The second-order valence-electron chi connectivity index (χ2n) is 4.54. The molecular formula is C14H15ClN2O3. The maximum atomic E-state index is 11.8. The van der Waals surface area contributed by atoms with Gasteiger partial charge in [-0.25, -0.2) is 4.79 Å². The number of amides is 2. The lowest BCUT2D eigenvalue weighted by Crippen LogP contribution is -2.40. The molecule has 0 aliphatic rings. The normalized spacial score (nSPS) is 13.6. The van der Waals surface area contributed by atoms with Crippen LogP contribution in [0, 0.1) is 0 Å². The Hall–Kier alpha value is -1.98. The molecule has 3 N–H and O–H groups in total. The van der Waals surface area contributed by atoms with E-state index in [1.165, 1.54) is 6.26 Å². The third kappa shape index (κ3) is 3.53. The summed E-state index contributed by atoms with van der Waals surface area (Å²) in [5.41, 5.74) is -0.772. The number of aliphatic hydroxyl groups is 1. The van der Waals surface area contributed by atoms with E-state index in [0.29, 0.717) is 16.5 Å². The van der Waals surface area contributed by atoms with E-state index in [0.717, 1.165) is 0 Å². The van der Waals surface area contributed by atoms with Crippen molar-refractivity contribution in [1.82, 2.24) is 5.32 Å². The molecule has 1 heterocycles. The number of urea groups is 1. The molecule has 0 saturated heterocycles. The molecule has 0 bridgehead atoms. The van der Waals surface area contributed by atoms with E-state index in [1.54, 1.807) is 43.3 Å². The molecule has 5 nitrogen and oxygen atoms in total. The minimum atomic E-state index is -1.28. The van der Waals surface area contributed by atoms with Crippen molar-refractivity contribution in [2.45, 2.75) is 12.5 Å². The highest BCUT2D eigenvalue weighted by atomic mass is 35.5. The fourth-order valence-corrected chi connectivity index (χ4v) is 1.84. The van der Waals surface area contributed by atoms with Crippen LogP contribution in [0.25, 0.3) is 0 Å². The Labute approximate surface area is 121 Å². The number of rotatable bonds is 4. The summed E-state index contributed by atoms with van der Waals surface area (Å²) in [6.07, 6.45) is 1.47. The molecular weight excluding hydrogens is 280 g/mol. The fraction of sp³-hybridized carbons (Fsp3) is 0.214. The van der Waals surface area contributed by atoms with Gasteiger partial charge in [0.05, 0.1) is 23.5 Å². The number of carbonyl (C=O) groups excluding carboxylic acids is 1. The largest absolute Gasteiger partial charge is 0.466 e. The number of benzene rings is 1. The highest BCUT2D eigenvalue weighted by Gasteiger charge is 2.26. The number of halogens is 1. The van der Waals surface area contributed by atoms with Gasteiger partial charge >= 0.3 is 6.03 Å². The molecule has 2 amide bonds. The predicted octanol–water partition coefficient (Wildman–Crippen LogP) is 2.96. The van der Waals surface area contributed by atoms with Crippen molar-refractivity contribution in [3.8, 4) is 0 Å². The topological polar surface area (TPSA) is 74.5 Å². The average Bonchev–Trinajstić information content (AvgIpc) is 2.94. The number of nitrogens with one attached hydrogen (secondary N) is 2. The van der Waals surface area contributed by atoms with Gasteiger partial charge in [0.1, 0.15) is 11.4 Å². The maximum Gasteiger partial charge on any atom is 0.319 e. The van der Waals surface area contributed by atoms with E-state index in [2.05, 4.69) is 10.6 Å². The van der Waals surface area contributed by atoms with Gasteiger partial charge in [-0.3, -0.25) is 0 Å². The van der Waals surface area contributed by atoms with E-state index in [9.17, 15) is 9.90 Å². The van der Waals surface area contributed by atoms with Gasteiger partial charge in [-0.05, 0) is 31.2 Å². The summed E-state index contributed by atoms with van der Waals surface area (Å²) in [4.78, 5) is 11.8. The standard InChI is InChI=1S/C14H15ClN2O3/c1-14(19,12-7-4-8-20-12)9-16-13(18)17-11-6-3-2-5-10(11)15/h2-8,19H,9H2,1H3,(H2,16,17,18)/t14-/m1/s1. The summed E-state index contributed by atoms with van der Waals surface area (Å²) in [7, 11) is 0. The van der Waals surface area contributed by atoms with Crippen LogP contribution in [0.2, 0.25) is 5.02 Å². The maximum absolute atomic E-state index is 11.8. The highest BCUT2D eigenvalue weighted by Crippen LogP contribution is 2.21. The third-order valence-electron chi connectivity index (χ3n) is 2.77. The van der Waals surface area contributed by atoms with E-state index < -0.39 is 11.6 Å². The Morgan fingerprint density at radius 1 is 1.35 bits per heavy atom. The fourth-order valence-electron chi connectivity index (χ4n) is 1.65. The summed E-state index contributed by atoms with van der Waals surface area (Å²) in [5.74, 6) is 0.385. The molecule has 1 atom stereocenters. The summed E-state index contributed by atoms with van der Waals surface area (Å²) in [6.45, 7) is 1.57. The van der Waals surface area contributed by atoms with Crippen LogP contribution in [0.5, 0.6) is 0 Å². The SMILES string of the molecule is C[C@@](O)(CNC(=O)Nc1ccccc1Cl)c1ccco1. The highest BCUT2D eigenvalue weighted by molar-refractivity contribution is 6.33. The van der Waals surface area contributed by atoms with Gasteiger partial charge < -0.3 is 20.2 Å². The molecule has 1 aromatic heterocycles. The van der Waals surface area contributed by atoms with Crippen molar-refractivity contribution in [3.05, 3.63) is 53.4 Å². The molecule has 0 unspecified atom stereocenters. The Bertz CT molecular complexity index is 582. The van der Waals surface area contributed by atoms with Crippen molar-refractivity contribution < 1.29 is 14.3 Å². The van der Waals surface area contributed by atoms with E-state index in [1.807, 2.05) is 0 Å². The molecule has 0 spiro atoms.